The number of fused-ring (bicyclic) bond motifs is 5. The molecule has 8 N–H and O–H groups in total. The molecule has 2 aromatic carbocycles. The number of ether oxygens (including phenoxy) is 6. The van der Waals surface area contributed by atoms with E-state index in [1.54, 1.807) is 58.0 Å². The first-order valence-electron chi connectivity index (χ1n) is 31.1. The highest BCUT2D eigenvalue weighted by atomic mass is 19.1. The minimum Gasteiger partial charge on any atom is -0.469 e. The van der Waals surface area contributed by atoms with Gasteiger partial charge in [-0.3, -0.25) is 38.4 Å². The van der Waals surface area contributed by atoms with Crippen LogP contribution in [0.4, 0.5) is 19.7 Å². The predicted molar refractivity (Wildman–Crippen MR) is 330 cm³/mol. The lowest BCUT2D eigenvalue weighted by Gasteiger charge is -2.31. The maximum atomic E-state index is 15.4. The number of Topliss-reactive ketones (excluding diaryl/α,β-unsaturated/α-hetero) is 3. The van der Waals surface area contributed by atoms with Crippen LogP contribution in [0.2, 0.25) is 0 Å². The smallest absolute Gasteiger partial charge is 0.407 e. The number of nitrogens with one attached hydrogen (secondary N) is 5. The van der Waals surface area contributed by atoms with E-state index in [9.17, 15) is 57.8 Å². The fraction of sp³-hybridized carbons (Fsp3) is 0.538. The lowest BCUT2D eigenvalue weighted by Crippen LogP contribution is -2.48. The van der Waals surface area contributed by atoms with Gasteiger partial charge in [0.15, 0.2) is 17.2 Å². The van der Waals surface area contributed by atoms with Crippen molar-refractivity contribution in [3.63, 3.8) is 0 Å². The second-order valence-electron chi connectivity index (χ2n) is 23.5. The van der Waals surface area contributed by atoms with E-state index in [1.165, 1.54) is 17.7 Å². The molecule has 2 aromatic heterocycles. The molecule has 5 atom stereocenters. The third-order valence-corrected chi connectivity index (χ3v) is 16.7. The Kier molecular flexibility index (Phi) is 25.6. The number of methoxy groups -OCH3 is 1. The zero-order chi connectivity index (χ0) is 66.8. The van der Waals surface area contributed by atoms with E-state index < -0.39 is 113 Å². The Bertz CT molecular complexity index is 3480. The number of aromatic nitrogens is 2. The number of halogens is 1. The molecule has 4 aromatic rings. The Hall–Kier alpha value is -8.53. The number of carbonyl (C=O) groups is 10. The molecule has 498 valence electrons. The number of hydrogen-bond acceptors (Lipinski definition) is 19. The van der Waals surface area contributed by atoms with Crippen molar-refractivity contribution in [3.05, 3.63) is 91.5 Å². The Labute approximate surface area is 531 Å². The number of esters is 2. The van der Waals surface area contributed by atoms with Crippen LogP contribution in [0.5, 0.6) is 0 Å². The SMILES string of the molecule is CCCOCCOCCC(=O)C[C@@H](CCC(=O)OC)C(=O)N[C@H](C(=O)C[C@@H](CCCNC(N)=O)C(=O)Nc1ccc(COC(=O)NCC(=O)CCOCC(=O)N[C@H]2CCc3c(C)c(F)cc4nc5c(c2c34)Cn2c-5cc3c(c2=O)COC(=O)[C@]3(O)CC)cc1)C(C)C. The van der Waals surface area contributed by atoms with E-state index in [4.69, 9.17) is 39.1 Å². The monoisotopic (exact) mass is 1280 g/mol. The first kappa shape index (κ1) is 70.9. The van der Waals surface area contributed by atoms with Crippen LogP contribution in [0.3, 0.4) is 0 Å². The van der Waals surface area contributed by atoms with Crippen LogP contribution in [0, 0.1) is 30.5 Å². The molecule has 0 radical (unpaired) electrons. The van der Waals surface area contributed by atoms with Crippen molar-refractivity contribution in [2.75, 3.05) is 65.2 Å². The lowest BCUT2D eigenvalue weighted by molar-refractivity contribution is -0.172. The average molecular weight is 1280 g/mol. The van der Waals surface area contributed by atoms with Gasteiger partial charge in [-0.05, 0) is 98.2 Å². The van der Waals surface area contributed by atoms with Crippen LogP contribution < -0.4 is 37.9 Å². The van der Waals surface area contributed by atoms with Crippen LogP contribution in [0.1, 0.15) is 143 Å². The zero-order valence-electron chi connectivity index (χ0n) is 52.9. The summed E-state index contributed by atoms with van der Waals surface area (Å²) in [5.74, 6) is -7.09. The number of aryl methyl sites for hydroxylation is 1. The molecule has 0 saturated heterocycles. The summed E-state index contributed by atoms with van der Waals surface area (Å²) in [5.41, 5.74) is 7.30. The molecule has 2 aliphatic heterocycles. The number of primary amides is 1. The Morgan fingerprint density at radius 1 is 0.859 bits per heavy atom. The Balaban J connectivity index is 0.870. The molecular weight excluding hydrogens is 1200 g/mol. The van der Waals surface area contributed by atoms with Crippen LogP contribution in [0.15, 0.2) is 41.2 Å². The lowest BCUT2D eigenvalue weighted by atomic mass is 9.81. The van der Waals surface area contributed by atoms with Crippen molar-refractivity contribution in [1.29, 1.82) is 0 Å². The van der Waals surface area contributed by atoms with E-state index in [0.29, 0.717) is 82.9 Å². The summed E-state index contributed by atoms with van der Waals surface area (Å²) in [6, 6.07) is 6.71. The minimum absolute atomic E-state index is 0.0202. The molecule has 1 aliphatic carbocycles. The Morgan fingerprint density at radius 3 is 2.26 bits per heavy atom. The quantitative estimate of drug-likeness (QED) is 0.0158. The first-order valence-corrected chi connectivity index (χ1v) is 31.1. The van der Waals surface area contributed by atoms with Gasteiger partial charge in [-0.1, -0.05) is 39.8 Å². The molecule has 6 amide bonds. The summed E-state index contributed by atoms with van der Waals surface area (Å²) >= 11 is 0. The number of hydrogen-bond donors (Lipinski definition) is 7. The maximum absolute atomic E-state index is 15.4. The van der Waals surface area contributed by atoms with Crippen molar-refractivity contribution < 1.29 is 85.9 Å². The van der Waals surface area contributed by atoms with Gasteiger partial charge < -0.3 is 70.4 Å². The largest absolute Gasteiger partial charge is 0.469 e. The van der Waals surface area contributed by atoms with Gasteiger partial charge >= 0.3 is 24.1 Å². The van der Waals surface area contributed by atoms with Gasteiger partial charge in [0.2, 0.25) is 17.7 Å². The van der Waals surface area contributed by atoms with Crippen molar-refractivity contribution in [1.82, 2.24) is 30.8 Å². The number of rotatable bonds is 36. The van der Waals surface area contributed by atoms with Gasteiger partial charge in [0, 0.05) is 85.4 Å². The van der Waals surface area contributed by atoms with Gasteiger partial charge in [0.25, 0.3) is 5.56 Å². The van der Waals surface area contributed by atoms with Crippen molar-refractivity contribution >= 4 is 75.7 Å². The highest BCUT2D eigenvalue weighted by Crippen LogP contribution is 2.46. The molecule has 0 fully saturated rings. The number of amides is 6. The van der Waals surface area contributed by atoms with E-state index in [-0.39, 0.29) is 114 Å². The number of urea groups is 1. The van der Waals surface area contributed by atoms with Crippen molar-refractivity contribution in [2.24, 2.45) is 23.5 Å². The molecule has 26 nitrogen and oxygen atoms in total. The van der Waals surface area contributed by atoms with Crippen LogP contribution >= 0.6 is 0 Å². The molecule has 0 unspecified atom stereocenters. The molecule has 0 saturated carbocycles. The van der Waals surface area contributed by atoms with Gasteiger partial charge in [-0.15, -0.1) is 0 Å². The number of benzene rings is 2. The topological polar surface area (TPSA) is 367 Å². The molecule has 7 rings (SSSR count). The third kappa shape index (κ3) is 18.2. The number of cyclic esters (lactones) is 1. The summed E-state index contributed by atoms with van der Waals surface area (Å²) < 4.78 is 48.6. The van der Waals surface area contributed by atoms with E-state index in [0.717, 1.165) is 12.0 Å². The second-order valence-corrected chi connectivity index (χ2v) is 23.5. The molecule has 0 spiro atoms. The first-order chi connectivity index (χ1) is 44.0. The van der Waals surface area contributed by atoms with Crippen molar-refractivity contribution in [3.8, 4) is 11.4 Å². The highest BCUT2D eigenvalue weighted by Gasteiger charge is 2.46. The number of nitrogens with zero attached hydrogens (tertiary/aromatic N) is 2. The number of alkyl carbamates (subject to hydrolysis) is 1. The molecule has 0 bridgehead atoms. The maximum Gasteiger partial charge on any atom is 0.407 e. The molecular formula is C65H83FN8O18. The summed E-state index contributed by atoms with van der Waals surface area (Å²) in [6.45, 7) is 8.71. The number of carbonyl (C=O) groups excluding carboxylic acids is 10. The number of ketones is 3. The van der Waals surface area contributed by atoms with E-state index in [2.05, 4.69) is 26.6 Å². The second kappa shape index (κ2) is 33.2. The van der Waals surface area contributed by atoms with Crippen LogP contribution in [-0.2, 0) is 98.6 Å². The molecule has 4 heterocycles. The summed E-state index contributed by atoms with van der Waals surface area (Å²) in [6.07, 6.45) is 0.264. The number of nitrogens with two attached hydrogens (primary N) is 1. The van der Waals surface area contributed by atoms with E-state index >= 15 is 4.39 Å². The predicted octanol–water partition coefficient (Wildman–Crippen LogP) is 5.00. The molecule has 3 aliphatic rings. The third-order valence-electron chi connectivity index (χ3n) is 16.7. The van der Waals surface area contributed by atoms with Gasteiger partial charge in [0.05, 0.1) is 81.2 Å². The van der Waals surface area contributed by atoms with Gasteiger partial charge in [-0.2, -0.15) is 0 Å². The fourth-order valence-electron chi connectivity index (χ4n) is 11.6. The van der Waals surface area contributed by atoms with Gasteiger partial charge in [0.1, 0.15) is 31.4 Å². The molecule has 92 heavy (non-hydrogen) atoms. The van der Waals surface area contributed by atoms with Gasteiger partial charge in [-0.25, -0.2) is 23.8 Å². The molecule has 27 heteroatoms. The summed E-state index contributed by atoms with van der Waals surface area (Å²) in [7, 11) is 1.21. The fourth-order valence-corrected chi connectivity index (χ4v) is 11.6. The minimum atomic E-state index is -2.05. The summed E-state index contributed by atoms with van der Waals surface area (Å²) in [4.78, 5) is 149. The number of pyridine rings is 2. The summed E-state index contributed by atoms with van der Waals surface area (Å²) in [5, 5.41) is 25.5. The normalized spacial score (nSPS) is 16.2. The average Bonchev–Trinajstić information content (AvgIpc) is 1.47. The Morgan fingerprint density at radius 2 is 1.57 bits per heavy atom. The standard InChI is InChI=1S/C65H83FN8O18/c1-7-22-88-25-26-89-23-19-42(75)27-40(13-18-54(79)87-6)60(81)73-57(36(3)4)52(77)28-39(10-9-21-68-63(67)84)59(80)70-41-14-11-38(12-15-41)33-92-64(85)69-31-43(76)20-24-90-35-53(78)71-49-17-16-44-37(5)48(66)30-50-55(44)56(49)45-32-74-51(58(45)72-50)29-47-46(61(74)82)34-91-62(83)65(47,86)8-2/h11-12,14-15,29-30,36,39-40,49,57,86H,7-10,13,16-28,31-35H2,1-6H3,(H,69,85)(H,70,80)(H,71,78)(H,73,81)(H3,67,68,84)/t39-,40-,49+,57+,65+/m1/s1. The van der Waals surface area contributed by atoms with Crippen LogP contribution in [0.25, 0.3) is 22.3 Å². The van der Waals surface area contributed by atoms with E-state index in [1.807, 2.05) is 6.92 Å². The highest BCUT2D eigenvalue weighted by molar-refractivity contribution is 5.98. The van der Waals surface area contributed by atoms with Crippen molar-refractivity contribution in [2.45, 2.75) is 149 Å². The zero-order valence-corrected chi connectivity index (χ0v) is 52.9. The number of anilines is 1. The van der Waals surface area contributed by atoms with Crippen LogP contribution in [-0.4, -0.2) is 140 Å². The number of aliphatic hydroxyl groups is 1.